The molecule has 0 aliphatic carbocycles. The lowest BCUT2D eigenvalue weighted by atomic mass is 10.1. The molecular weight excluding hydrogens is 216 g/mol. The first-order valence-electron chi connectivity index (χ1n) is 6.16. The number of hydrogen-bond acceptors (Lipinski definition) is 2. The third-order valence-electron chi connectivity index (χ3n) is 2.05. The number of hydrogen-bond donors (Lipinski definition) is 1. The first-order chi connectivity index (χ1) is 8.00. The van der Waals surface area contributed by atoms with E-state index in [1.807, 2.05) is 6.08 Å². The largest absolute Gasteiger partial charge is 0.876 e. The van der Waals surface area contributed by atoms with E-state index in [1.54, 1.807) is 0 Å². The molecule has 0 bridgehead atoms. The number of carbonyl (C=O) groups is 1. The molecular formula is C14H25O3-. The van der Waals surface area contributed by atoms with Crippen LogP contribution in [0.1, 0.15) is 58.3 Å². The van der Waals surface area contributed by atoms with Crippen molar-refractivity contribution in [3.05, 3.63) is 25.0 Å². The van der Waals surface area contributed by atoms with Gasteiger partial charge in [0.05, 0.1) is 0 Å². The van der Waals surface area contributed by atoms with Crippen molar-refractivity contribution in [2.24, 2.45) is 0 Å². The van der Waals surface area contributed by atoms with E-state index in [2.05, 4.69) is 13.2 Å². The number of allylic oxidation sites excluding steroid dienone is 2. The molecule has 3 nitrogen and oxygen atoms in total. The van der Waals surface area contributed by atoms with Gasteiger partial charge < -0.3 is 10.2 Å². The van der Waals surface area contributed by atoms with Gasteiger partial charge in [-0.3, -0.25) is 4.79 Å². The maximum atomic E-state index is 10.2. The number of carboxylic acid groups (broad SMARTS) is 1. The van der Waals surface area contributed by atoms with Crippen LogP contribution in [0.5, 0.6) is 0 Å². The molecule has 0 unspecified atom stereocenters. The summed E-state index contributed by atoms with van der Waals surface area (Å²) >= 11 is 0. The highest BCUT2D eigenvalue weighted by Crippen LogP contribution is 2.08. The van der Waals surface area contributed by atoms with E-state index in [1.165, 1.54) is 32.6 Å². The molecule has 0 aromatic heterocycles. The Kier molecular flexibility index (Phi) is 15.7. The van der Waals surface area contributed by atoms with Crippen molar-refractivity contribution in [3.8, 4) is 0 Å². The highest BCUT2D eigenvalue weighted by molar-refractivity contribution is 5.66. The molecule has 0 spiro atoms. The highest BCUT2D eigenvalue weighted by atomic mass is 16.4. The van der Waals surface area contributed by atoms with Gasteiger partial charge in [0.25, 0.3) is 0 Å². The Morgan fingerprint density at radius 1 is 1.18 bits per heavy atom. The number of carboxylic acids is 1. The lowest BCUT2D eigenvalue weighted by Gasteiger charge is -1.98. The third kappa shape index (κ3) is 31.3. The van der Waals surface area contributed by atoms with Crippen LogP contribution in [0.25, 0.3) is 0 Å². The van der Waals surface area contributed by atoms with Crippen LogP contribution in [0.4, 0.5) is 0 Å². The Bertz CT molecular complexity index is 206. The molecule has 0 saturated carbocycles. The monoisotopic (exact) mass is 241 g/mol. The van der Waals surface area contributed by atoms with Crippen molar-refractivity contribution in [3.63, 3.8) is 0 Å². The lowest BCUT2D eigenvalue weighted by molar-refractivity contribution is -0.300. The quantitative estimate of drug-likeness (QED) is 0.383. The molecule has 0 amide bonds. The molecule has 0 radical (unpaired) electrons. The average Bonchev–Trinajstić information content (AvgIpc) is 2.21. The molecule has 17 heavy (non-hydrogen) atoms. The van der Waals surface area contributed by atoms with Gasteiger partial charge >= 0.3 is 5.97 Å². The molecule has 0 heterocycles. The predicted molar refractivity (Wildman–Crippen MR) is 69.6 cm³/mol. The van der Waals surface area contributed by atoms with Gasteiger partial charge in [-0.1, -0.05) is 38.7 Å². The molecule has 0 aliphatic heterocycles. The Labute approximate surface area is 105 Å². The van der Waals surface area contributed by atoms with Crippen molar-refractivity contribution in [1.29, 1.82) is 0 Å². The summed E-state index contributed by atoms with van der Waals surface area (Å²) in [5.41, 5.74) is 0. The van der Waals surface area contributed by atoms with Crippen LogP contribution >= 0.6 is 0 Å². The second-order valence-corrected chi connectivity index (χ2v) is 4.04. The fraction of sp³-hybridized carbons (Fsp3) is 0.643. The van der Waals surface area contributed by atoms with E-state index < -0.39 is 5.97 Å². The predicted octanol–water partition coefficient (Wildman–Crippen LogP) is 3.26. The summed E-state index contributed by atoms with van der Waals surface area (Å²) in [5, 5.41) is 17.7. The summed E-state index contributed by atoms with van der Waals surface area (Å²) in [6.45, 7) is 8.08. The first kappa shape index (κ1) is 18.1. The smallest absolute Gasteiger partial charge is 0.303 e. The zero-order chi connectivity index (χ0) is 13.5. The van der Waals surface area contributed by atoms with Crippen LogP contribution in [0, 0.1) is 0 Å². The fourth-order valence-corrected chi connectivity index (χ4v) is 1.27. The minimum Gasteiger partial charge on any atom is -0.876 e. The average molecular weight is 241 g/mol. The minimum absolute atomic E-state index is 0.0833. The summed E-state index contributed by atoms with van der Waals surface area (Å²) < 4.78 is 0. The molecule has 0 fully saturated rings. The van der Waals surface area contributed by atoms with E-state index in [0.29, 0.717) is 6.42 Å². The van der Waals surface area contributed by atoms with Gasteiger partial charge in [-0.25, -0.2) is 0 Å². The van der Waals surface area contributed by atoms with Crippen LogP contribution in [0.2, 0.25) is 0 Å². The third-order valence-corrected chi connectivity index (χ3v) is 2.05. The van der Waals surface area contributed by atoms with Gasteiger partial charge in [-0.2, -0.15) is 0 Å². The maximum Gasteiger partial charge on any atom is 0.303 e. The van der Waals surface area contributed by atoms with E-state index >= 15 is 0 Å². The van der Waals surface area contributed by atoms with Crippen molar-refractivity contribution >= 4 is 5.97 Å². The van der Waals surface area contributed by atoms with Crippen molar-refractivity contribution in [2.45, 2.75) is 58.3 Å². The summed E-state index contributed by atoms with van der Waals surface area (Å²) in [7, 11) is 0. The van der Waals surface area contributed by atoms with Gasteiger partial charge in [0.15, 0.2) is 0 Å². The van der Waals surface area contributed by atoms with Gasteiger partial charge in [0, 0.05) is 6.42 Å². The van der Waals surface area contributed by atoms with Gasteiger partial charge in [0.2, 0.25) is 0 Å². The topological polar surface area (TPSA) is 60.4 Å². The molecule has 100 valence electrons. The zero-order valence-corrected chi connectivity index (χ0v) is 10.9. The number of aliphatic carboxylic acids is 1. The first-order valence-corrected chi connectivity index (χ1v) is 6.16. The lowest BCUT2D eigenvalue weighted by Crippen LogP contribution is -1.93. The molecule has 0 aromatic rings. The Morgan fingerprint density at radius 3 is 2.00 bits per heavy atom. The zero-order valence-electron chi connectivity index (χ0n) is 10.9. The van der Waals surface area contributed by atoms with Crippen LogP contribution in [-0.4, -0.2) is 11.1 Å². The van der Waals surface area contributed by atoms with E-state index in [-0.39, 0.29) is 5.76 Å². The second kappa shape index (κ2) is 14.8. The Morgan fingerprint density at radius 2 is 1.59 bits per heavy atom. The Hall–Kier alpha value is -1.25. The molecule has 0 atom stereocenters. The van der Waals surface area contributed by atoms with Crippen molar-refractivity contribution in [1.82, 2.24) is 0 Å². The summed E-state index contributed by atoms with van der Waals surface area (Å²) in [4.78, 5) is 10.2. The van der Waals surface area contributed by atoms with E-state index in [4.69, 9.17) is 5.11 Å². The van der Waals surface area contributed by atoms with Crippen LogP contribution < -0.4 is 5.11 Å². The second-order valence-electron chi connectivity index (χ2n) is 4.04. The molecule has 0 aromatic carbocycles. The van der Waals surface area contributed by atoms with Gasteiger partial charge in [-0.05, 0) is 19.3 Å². The highest BCUT2D eigenvalue weighted by Gasteiger charge is 1.95. The molecule has 0 aliphatic rings. The van der Waals surface area contributed by atoms with Crippen LogP contribution in [0.15, 0.2) is 25.0 Å². The van der Waals surface area contributed by atoms with E-state index in [0.717, 1.165) is 19.3 Å². The molecule has 1 N–H and O–H groups in total. The van der Waals surface area contributed by atoms with Crippen molar-refractivity contribution < 1.29 is 15.0 Å². The van der Waals surface area contributed by atoms with Gasteiger partial charge in [0.1, 0.15) is 0 Å². The van der Waals surface area contributed by atoms with E-state index in [9.17, 15) is 9.90 Å². The molecule has 0 saturated heterocycles. The summed E-state index contributed by atoms with van der Waals surface area (Å²) in [5.74, 6) is -0.758. The Balaban J connectivity index is 0. The van der Waals surface area contributed by atoms with Crippen LogP contribution in [0.3, 0.4) is 0 Å². The SMILES string of the molecule is C=C(C)[O-].C=CCCCCCCCCC(=O)O. The van der Waals surface area contributed by atoms with Gasteiger partial charge in [-0.15, -0.1) is 18.9 Å². The minimum atomic E-state index is -0.674. The fourth-order valence-electron chi connectivity index (χ4n) is 1.27. The normalized spacial score (nSPS) is 9.00. The molecule has 0 rings (SSSR count). The summed E-state index contributed by atoms with van der Waals surface area (Å²) in [6.07, 6.45) is 10.1. The molecule has 3 heteroatoms. The standard InChI is InChI=1S/C11H20O2.C3H6O/c1-2-3-4-5-6-7-8-9-10-11(12)13;1-3(2)4/h2H,1,3-10H2,(H,12,13);4H,1H2,2H3/p-1. The van der Waals surface area contributed by atoms with Crippen LogP contribution in [-0.2, 0) is 4.79 Å². The summed E-state index contributed by atoms with van der Waals surface area (Å²) in [6, 6.07) is 0. The number of rotatable bonds is 9. The van der Waals surface area contributed by atoms with Crippen molar-refractivity contribution in [2.75, 3.05) is 0 Å². The maximum absolute atomic E-state index is 10.2. The number of unbranched alkanes of at least 4 members (excludes halogenated alkanes) is 6.